The molecular formula is C10H9Cl2NO. The molecular weight excluding hydrogens is 221 g/mol. The molecule has 2 N–H and O–H groups in total. The van der Waals surface area contributed by atoms with Crippen LogP contribution in [-0.2, 0) is 6.42 Å². The third-order valence-electron chi connectivity index (χ3n) is 2.20. The van der Waals surface area contributed by atoms with Gasteiger partial charge in [-0.25, -0.2) is 0 Å². The number of aliphatic hydroxyl groups is 1. The van der Waals surface area contributed by atoms with Crippen LogP contribution >= 0.6 is 23.2 Å². The maximum atomic E-state index is 8.87. The van der Waals surface area contributed by atoms with E-state index < -0.39 is 0 Å². The number of H-pyrrole nitrogens is 1. The molecule has 1 heterocycles. The van der Waals surface area contributed by atoms with Crippen molar-refractivity contribution in [2.45, 2.75) is 6.42 Å². The zero-order valence-electron chi connectivity index (χ0n) is 7.35. The molecule has 0 unspecified atom stereocenters. The fourth-order valence-electron chi connectivity index (χ4n) is 1.56. The molecule has 0 aliphatic carbocycles. The second-order valence-electron chi connectivity index (χ2n) is 3.07. The quantitative estimate of drug-likeness (QED) is 0.817. The highest BCUT2D eigenvalue weighted by Gasteiger charge is 2.09. The van der Waals surface area contributed by atoms with Gasteiger partial charge in [0, 0.05) is 18.2 Å². The SMILES string of the molecule is OCCc1c[nH]c2c(Cl)ccc(Cl)c12. The molecule has 0 saturated carbocycles. The van der Waals surface area contributed by atoms with E-state index in [0.29, 0.717) is 16.5 Å². The number of rotatable bonds is 2. The molecule has 4 heteroatoms. The zero-order chi connectivity index (χ0) is 10.1. The van der Waals surface area contributed by atoms with Gasteiger partial charge in [-0.2, -0.15) is 0 Å². The van der Waals surface area contributed by atoms with Crippen LogP contribution in [0.2, 0.25) is 10.0 Å². The molecule has 0 amide bonds. The Morgan fingerprint density at radius 2 is 1.93 bits per heavy atom. The van der Waals surface area contributed by atoms with Crippen molar-refractivity contribution in [2.75, 3.05) is 6.61 Å². The van der Waals surface area contributed by atoms with Crippen LogP contribution in [0.3, 0.4) is 0 Å². The molecule has 0 fully saturated rings. The lowest BCUT2D eigenvalue weighted by molar-refractivity contribution is 0.300. The number of nitrogens with one attached hydrogen (secondary N) is 1. The first-order valence-corrected chi connectivity index (χ1v) is 5.04. The fourth-order valence-corrected chi connectivity index (χ4v) is 2.05. The summed E-state index contributed by atoms with van der Waals surface area (Å²) in [6.45, 7) is 0.107. The maximum absolute atomic E-state index is 8.87. The van der Waals surface area contributed by atoms with Gasteiger partial charge in [-0.3, -0.25) is 0 Å². The minimum absolute atomic E-state index is 0.107. The lowest BCUT2D eigenvalue weighted by atomic mass is 10.1. The average Bonchev–Trinajstić information content (AvgIpc) is 2.58. The molecule has 0 radical (unpaired) electrons. The summed E-state index contributed by atoms with van der Waals surface area (Å²) in [5, 5.41) is 11.1. The summed E-state index contributed by atoms with van der Waals surface area (Å²) < 4.78 is 0. The second kappa shape index (κ2) is 3.81. The number of halogens is 2. The lowest BCUT2D eigenvalue weighted by Crippen LogP contribution is -1.88. The smallest absolute Gasteiger partial charge is 0.0661 e. The molecule has 2 nitrogen and oxygen atoms in total. The summed E-state index contributed by atoms with van der Waals surface area (Å²) in [6, 6.07) is 3.52. The van der Waals surface area contributed by atoms with Crippen LogP contribution in [-0.4, -0.2) is 16.7 Å². The van der Waals surface area contributed by atoms with Crippen molar-refractivity contribution in [3.05, 3.63) is 33.9 Å². The largest absolute Gasteiger partial charge is 0.396 e. The minimum Gasteiger partial charge on any atom is -0.396 e. The number of aromatic nitrogens is 1. The first-order chi connectivity index (χ1) is 6.74. The van der Waals surface area contributed by atoms with Crippen molar-refractivity contribution in [1.82, 2.24) is 4.98 Å². The zero-order valence-corrected chi connectivity index (χ0v) is 8.86. The first-order valence-electron chi connectivity index (χ1n) is 4.29. The van der Waals surface area contributed by atoms with E-state index in [1.54, 1.807) is 12.1 Å². The molecule has 2 aromatic rings. The second-order valence-corrected chi connectivity index (χ2v) is 3.88. The van der Waals surface area contributed by atoms with Crippen LogP contribution in [0.5, 0.6) is 0 Å². The Bertz CT molecular complexity index is 464. The van der Waals surface area contributed by atoms with Gasteiger partial charge in [0.1, 0.15) is 0 Å². The Balaban J connectivity index is 2.70. The van der Waals surface area contributed by atoms with Crippen molar-refractivity contribution in [3.63, 3.8) is 0 Å². The third kappa shape index (κ3) is 1.50. The van der Waals surface area contributed by atoms with Gasteiger partial charge < -0.3 is 10.1 Å². The van der Waals surface area contributed by atoms with Crippen molar-refractivity contribution in [2.24, 2.45) is 0 Å². The Morgan fingerprint density at radius 3 is 2.64 bits per heavy atom. The molecule has 0 spiro atoms. The van der Waals surface area contributed by atoms with Gasteiger partial charge >= 0.3 is 0 Å². The van der Waals surface area contributed by atoms with Crippen LogP contribution in [0, 0.1) is 0 Å². The first kappa shape index (κ1) is 9.84. The summed E-state index contributed by atoms with van der Waals surface area (Å²) in [5.41, 5.74) is 1.83. The Labute approximate surface area is 91.5 Å². The van der Waals surface area contributed by atoms with Crippen molar-refractivity contribution >= 4 is 34.1 Å². The van der Waals surface area contributed by atoms with E-state index >= 15 is 0 Å². The van der Waals surface area contributed by atoms with E-state index in [2.05, 4.69) is 4.98 Å². The number of aliphatic hydroxyl groups excluding tert-OH is 1. The molecule has 0 atom stereocenters. The van der Waals surface area contributed by atoms with Gasteiger partial charge in [-0.1, -0.05) is 23.2 Å². The Hall–Kier alpha value is -0.700. The van der Waals surface area contributed by atoms with Crippen LogP contribution in [0.4, 0.5) is 0 Å². The minimum atomic E-state index is 0.107. The van der Waals surface area contributed by atoms with Crippen molar-refractivity contribution < 1.29 is 5.11 Å². The third-order valence-corrected chi connectivity index (χ3v) is 2.83. The number of aromatic amines is 1. The number of fused-ring (bicyclic) bond motifs is 1. The summed E-state index contributed by atoms with van der Waals surface area (Å²) >= 11 is 12.0. The van der Waals surface area contributed by atoms with Crippen LogP contribution in [0.15, 0.2) is 18.3 Å². The fraction of sp³-hybridized carbons (Fsp3) is 0.200. The topological polar surface area (TPSA) is 36.0 Å². The van der Waals surface area contributed by atoms with Gasteiger partial charge in [0.25, 0.3) is 0 Å². The summed E-state index contributed by atoms with van der Waals surface area (Å²) in [6.07, 6.45) is 2.42. The van der Waals surface area contributed by atoms with E-state index in [4.69, 9.17) is 28.3 Å². The summed E-state index contributed by atoms with van der Waals surface area (Å²) in [5.74, 6) is 0. The number of benzene rings is 1. The average molecular weight is 230 g/mol. The molecule has 14 heavy (non-hydrogen) atoms. The summed E-state index contributed by atoms with van der Waals surface area (Å²) in [7, 11) is 0. The molecule has 0 aliphatic heterocycles. The molecule has 0 aliphatic rings. The molecule has 0 saturated heterocycles. The number of hydrogen-bond acceptors (Lipinski definition) is 1. The number of hydrogen-bond donors (Lipinski definition) is 2. The Morgan fingerprint density at radius 1 is 1.21 bits per heavy atom. The predicted octanol–water partition coefficient (Wildman–Crippen LogP) is 3.01. The highest BCUT2D eigenvalue weighted by Crippen LogP contribution is 2.31. The van der Waals surface area contributed by atoms with Crippen LogP contribution in [0.1, 0.15) is 5.56 Å². The maximum Gasteiger partial charge on any atom is 0.0661 e. The van der Waals surface area contributed by atoms with Crippen LogP contribution in [0.25, 0.3) is 10.9 Å². The molecule has 0 bridgehead atoms. The summed E-state index contributed by atoms with van der Waals surface area (Å²) in [4.78, 5) is 3.05. The van der Waals surface area contributed by atoms with Crippen LogP contribution < -0.4 is 0 Å². The molecule has 1 aromatic heterocycles. The molecule has 74 valence electrons. The van der Waals surface area contributed by atoms with Crippen molar-refractivity contribution in [1.29, 1.82) is 0 Å². The highest BCUT2D eigenvalue weighted by molar-refractivity contribution is 6.40. The van der Waals surface area contributed by atoms with Gasteiger partial charge in [0.05, 0.1) is 15.6 Å². The highest BCUT2D eigenvalue weighted by atomic mass is 35.5. The lowest BCUT2D eigenvalue weighted by Gasteiger charge is -1.99. The van der Waals surface area contributed by atoms with Gasteiger partial charge in [0.15, 0.2) is 0 Å². The monoisotopic (exact) mass is 229 g/mol. The van der Waals surface area contributed by atoms with E-state index in [9.17, 15) is 0 Å². The molecule has 2 rings (SSSR count). The normalized spacial score (nSPS) is 11.1. The predicted molar refractivity (Wildman–Crippen MR) is 59.1 cm³/mol. The standard InChI is InChI=1S/C10H9Cl2NO/c11-7-1-2-8(12)10-9(7)6(3-4-14)5-13-10/h1-2,5,13-14H,3-4H2. The van der Waals surface area contributed by atoms with E-state index in [-0.39, 0.29) is 6.61 Å². The van der Waals surface area contributed by atoms with Gasteiger partial charge in [0.2, 0.25) is 0 Å². The van der Waals surface area contributed by atoms with Crippen molar-refractivity contribution in [3.8, 4) is 0 Å². The van der Waals surface area contributed by atoms with E-state index in [1.807, 2.05) is 6.20 Å². The van der Waals surface area contributed by atoms with E-state index in [0.717, 1.165) is 16.5 Å². The Kier molecular flexibility index (Phi) is 2.68. The molecule has 1 aromatic carbocycles. The van der Waals surface area contributed by atoms with Gasteiger partial charge in [-0.05, 0) is 24.1 Å². The van der Waals surface area contributed by atoms with E-state index in [1.165, 1.54) is 0 Å². The van der Waals surface area contributed by atoms with Gasteiger partial charge in [-0.15, -0.1) is 0 Å².